The van der Waals surface area contributed by atoms with Crippen molar-refractivity contribution >= 4 is 39.6 Å². The normalized spacial score (nSPS) is 11.3. The second-order valence-corrected chi connectivity index (χ2v) is 6.72. The predicted molar refractivity (Wildman–Crippen MR) is 106 cm³/mol. The second-order valence-electron chi connectivity index (χ2n) is 5.80. The van der Waals surface area contributed by atoms with Crippen LogP contribution in [0.5, 0.6) is 5.75 Å². The first kappa shape index (κ1) is 22.4. The summed E-state index contributed by atoms with van der Waals surface area (Å²) in [6, 6.07) is 9.32. The van der Waals surface area contributed by atoms with Crippen LogP contribution in [0.15, 0.2) is 52.0 Å². The van der Waals surface area contributed by atoms with Crippen LogP contribution < -0.4 is 15.5 Å². The quantitative estimate of drug-likeness (QED) is 0.465. The largest absolute Gasteiger partial charge is 0.496 e. The fraction of sp³-hybridized carbons (Fsp3) is 0.211. The van der Waals surface area contributed by atoms with Crippen LogP contribution in [-0.4, -0.2) is 25.1 Å². The summed E-state index contributed by atoms with van der Waals surface area (Å²) in [6.07, 6.45) is -3.33. The first-order valence-corrected chi connectivity index (χ1v) is 9.11. The minimum atomic E-state index is -4.44. The Hall–Kier alpha value is -2.88. The molecule has 0 fully saturated rings. The molecule has 2 aromatic rings. The van der Waals surface area contributed by atoms with Crippen molar-refractivity contribution in [2.45, 2.75) is 19.0 Å². The van der Waals surface area contributed by atoms with E-state index < -0.39 is 23.6 Å². The highest BCUT2D eigenvalue weighted by atomic mass is 79.9. The van der Waals surface area contributed by atoms with Gasteiger partial charge in [0.05, 0.1) is 18.9 Å². The topological polar surface area (TPSA) is 79.8 Å². The average molecular weight is 472 g/mol. The molecule has 0 spiro atoms. The van der Waals surface area contributed by atoms with Crippen LogP contribution in [0.25, 0.3) is 0 Å². The number of rotatable bonds is 7. The molecule has 2 aromatic carbocycles. The number of hydrogen-bond acceptors (Lipinski definition) is 4. The van der Waals surface area contributed by atoms with Crippen LogP contribution in [0.3, 0.4) is 0 Å². The van der Waals surface area contributed by atoms with Crippen molar-refractivity contribution in [2.75, 3.05) is 12.4 Å². The Morgan fingerprint density at radius 2 is 1.76 bits per heavy atom. The lowest BCUT2D eigenvalue weighted by molar-refractivity contribution is -0.137. The van der Waals surface area contributed by atoms with Gasteiger partial charge in [-0.05, 0) is 42.5 Å². The second kappa shape index (κ2) is 10.1. The molecule has 0 saturated carbocycles. The molecule has 0 atom stereocenters. The lowest BCUT2D eigenvalue weighted by Crippen LogP contribution is -2.20. The first-order valence-electron chi connectivity index (χ1n) is 8.31. The van der Waals surface area contributed by atoms with E-state index in [0.29, 0.717) is 11.3 Å². The van der Waals surface area contributed by atoms with Gasteiger partial charge in [-0.15, -0.1) is 0 Å². The SMILES string of the molecule is COc1ccc(Br)cc1C=NNC(=O)CCC(=O)Nc1ccc(C(F)(F)F)cc1. The zero-order valence-corrected chi connectivity index (χ0v) is 16.8. The van der Waals surface area contributed by atoms with E-state index >= 15 is 0 Å². The number of anilines is 1. The summed E-state index contributed by atoms with van der Waals surface area (Å²) in [5.41, 5.74) is 2.34. The number of nitrogens with zero attached hydrogens (tertiary/aromatic N) is 1. The molecule has 2 N–H and O–H groups in total. The number of hydrazone groups is 1. The number of ether oxygens (including phenoxy) is 1. The van der Waals surface area contributed by atoms with Gasteiger partial charge in [0.1, 0.15) is 5.75 Å². The molecule has 29 heavy (non-hydrogen) atoms. The lowest BCUT2D eigenvalue weighted by atomic mass is 10.2. The fourth-order valence-corrected chi connectivity index (χ4v) is 2.61. The Kier molecular flexibility index (Phi) is 7.77. The molecule has 0 aliphatic rings. The number of carbonyl (C=O) groups is 2. The van der Waals surface area contributed by atoms with Crippen LogP contribution in [0, 0.1) is 0 Å². The van der Waals surface area contributed by atoms with Gasteiger partial charge in [0.25, 0.3) is 0 Å². The molecule has 154 valence electrons. The Balaban J connectivity index is 1.80. The van der Waals surface area contributed by atoms with Gasteiger partial charge in [0, 0.05) is 28.6 Å². The molecule has 2 amide bonds. The summed E-state index contributed by atoms with van der Waals surface area (Å²) >= 11 is 3.32. The van der Waals surface area contributed by atoms with E-state index in [4.69, 9.17) is 4.74 Å². The van der Waals surface area contributed by atoms with Gasteiger partial charge in [-0.25, -0.2) is 5.43 Å². The van der Waals surface area contributed by atoms with Crippen LogP contribution in [0.4, 0.5) is 18.9 Å². The van der Waals surface area contributed by atoms with Gasteiger partial charge >= 0.3 is 6.18 Å². The Labute approximate surface area is 173 Å². The molecule has 0 heterocycles. The van der Waals surface area contributed by atoms with Gasteiger partial charge in [-0.1, -0.05) is 15.9 Å². The first-order chi connectivity index (χ1) is 13.7. The number of nitrogens with one attached hydrogen (secondary N) is 2. The van der Waals surface area contributed by atoms with E-state index in [1.807, 2.05) is 0 Å². The molecule has 0 saturated heterocycles. The standard InChI is InChI=1S/C19H17BrF3N3O3/c1-29-16-7-4-14(20)10-12(16)11-24-26-18(28)9-8-17(27)25-15-5-2-13(3-6-15)19(21,22)23/h2-7,10-11H,8-9H2,1H3,(H,25,27)(H,26,28). The van der Waals surface area contributed by atoms with Crippen molar-refractivity contribution in [3.8, 4) is 5.75 Å². The van der Waals surface area contributed by atoms with E-state index in [2.05, 4.69) is 31.8 Å². The van der Waals surface area contributed by atoms with Crippen molar-refractivity contribution < 1.29 is 27.5 Å². The Morgan fingerprint density at radius 3 is 2.38 bits per heavy atom. The third-order valence-corrected chi connectivity index (χ3v) is 4.15. The monoisotopic (exact) mass is 471 g/mol. The molecule has 0 aliphatic heterocycles. The molecule has 0 radical (unpaired) electrons. The van der Waals surface area contributed by atoms with Crippen molar-refractivity contribution in [3.63, 3.8) is 0 Å². The minimum absolute atomic E-state index is 0.139. The zero-order valence-electron chi connectivity index (χ0n) is 15.2. The summed E-state index contributed by atoms with van der Waals surface area (Å²) in [4.78, 5) is 23.6. The Morgan fingerprint density at radius 1 is 1.10 bits per heavy atom. The summed E-state index contributed by atoms with van der Waals surface area (Å²) < 4.78 is 43.5. The van der Waals surface area contributed by atoms with Gasteiger partial charge in [0.15, 0.2) is 0 Å². The van der Waals surface area contributed by atoms with Gasteiger partial charge in [0.2, 0.25) is 11.8 Å². The van der Waals surface area contributed by atoms with Crippen molar-refractivity contribution in [3.05, 3.63) is 58.1 Å². The predicted octanol–water partition coefficient (Wildman–Crippen LogP) is 4.35. The average Bonchev–Trinajstić information content (AvgIpc) is 2.66. The van der Waals surface area contributed by atoms with Crippen molar-refractivity contribution in [2.24, 2.45) is 5.10 Å². The van der Waals surface area contributed by atoms with Gasteiger partial charge < -0.3 is 10.1 Å². The summed E-state index contributed by atoms with van der Waals surface area (Å²) in [7, 11) is 1.51. The Bertz CT molecular complexity index is 900. The highest BCUT2D eigenvalue weighted by Crippen LogP contribution is 2.29. The summed E-state index contributed by atoms with van der Waals surface area (Å²) in [5.74, 6) is -0.419. The molecular weight excluding hydrogens is 455 g/mol. The highest BCUT2D eigenvalue weighted by Gasteiger charge is 2.29. The number of benzene rings is 2. The number of hydrogen-bond donors (Lipinski definition) is 2. The molecular formula is C19H17BrF3N3O3. The van der Waals surface area contributed by atoms with Crippen LogP contribution in [0.2, 0.25) is 0 Å². The zero-order chi connectivity index (χ0) is 21.4. The van der Waals surface area contributed by atoms with E-state index in [1.165, 1.54) is 13.3 Å². The fourth-order valence-electron chi connectivity index (χ4n) is 2.23. The number of halogens is 4. The van der Waals surface area contributed by atoms with E-state index in [0.717, 1.165) is 28.7 Å². The lowest BCUT2D eigenvalue weighted by Gasteiger charge is -2.08. The highest BCUT2D eigenvalue weighted by molar-refractivity contribution is 9.10. The third-order valence-electron chi connectivity index (χ3n) is 3.66. The maximum atomic E-state index is 12.5. The van der Waals surface area contributed by atoms with Crippen molar-refractivity contribution in [1.29, 1.82) is 0 Å². The summed E-state index contributed by atoms with van der Waals surface area (Å²) in [6.45, 7) is 0. The number of alkyl halides is 3. The van der Waals surface area contributed by atoms with Crippen LogP contribution in [0.1, 0.15) is 24.0 Å². The molecule has 0 bridgehead atoms. The van der Waals surface area contributed by atoms with Gasteiger partial charge in [-0.3, -0.25) is 9.59 Å². The number of amides is 2. The van der Waals surface area contributed by atoms with Crippen LogP contribution >= 0.6 is 15.9 Å². The third kappa shape index (κ3) is 7.22. The van der Waals surface area contributed by atoms with E-state index in [-0.39, 0.29) is 18.5 Å². The molecule has 10 heteroatoms. The molecule has 2 rings (SSSR count). The number of methoxy groups -OCH3 is 1. The summed E-state index contributed by atoms with van der Waals surface area (Å²) in [5, 5.41) is 6.25. The van der Waals surface area contributed by atoms with Gasteiger partial charge in [-0.2, -0.15) is 18.3 Å². The van der Waals surface area contributed by atoms with Crippen LogP contribution in [-0.2, 0) is 15.8 Å². The van der Waals surface area contributed by atoms with E-state index in [1.54, 1.807) is 18.2 Å². The number of carbonyl (C=O) groups excluding carboxylic acids is 2. The molecule has 0 aromatic heterocycles. The molecule has 0 aliphatic carbocycles. The molecule has 0 unspecified atom stereocenters. The molecule has 6 nitrogen and oxygen atoms in total. The maximum Gasteiger partial charge on any atom is 0.416 e. The smallest absolute Gasteiger partial charge is 0.416 e. The maximum absolute atomic E-state index is 12.5. The van der Waals surface area contributed by atoms with E-state index in [9.17, 15) is 22.8 Å². The minimum Gasteiger partial charge on any atom is -0.496 e. The van der Waals surface area contributed by atoms with Crippen molar-refractivity contribution in [1.82, 2.24) is 5.43 Å².